The van der Waals surface area contributed by atoms with Crippen molar-refractivity contribution in [1.29, 1.82) is 0 Å². The summed E-state index contributed by atoms with van der Waals surface area (Å²) in [5.41, 5.74) is 0.883. The maximum absolute atomic E-state index is 12.9. The lowest BCUT2D eigenvalue weighted by Gasteiger charge is -2.22. The predicted molar refractivity (Wildman–Crippen MR) is 77.4 cm³/mol. The lowest BCUT2D eigenvalue weighted by molar-refractivity contribution is 0.0688. The molecule has 3 rings (SSSR count). The first-order valence-electron chi connectivity index (χ1n) is 7.24. The summed E-state index contributed by atoms with van der Waals surface area (Å²) in [6.45, 7) is 3.02. The molecule has 6 heteroatoms. The molecule has 1 atom stereocenters. The van der Waals surface area contributed by atoms with Crippen LogP contribution in [-0.2, 0) is 19.6 Å². The number of aromatic carboxylic acids is 1. The molecule has 1 N–H and O–H groups in total. The van der Waals surface area contributed by atoms with E-state index >= 15 is 0 Å². The zero-order valence-electron chi connectivity index (χ0n) is 12.3. The zero-order valence-corrected chi connectivity index (χ0v) is 12.3. The van der Waals surface area contributed by atoms with Gasteiger partial charge >= 0.3 is 5.97 Å². The van der Waals surface area contributed by atoms with Crippen molar-refractivity contribution < 1.29 is 19.0 Å². The molecule has 5 nitrogen and oxygen atoms in total. The maximum atomic E-state index is 12.9. The molecule has 0 amide bonds. The Labute approximate surface area is 127 Å². The average molecular weight is 304 g/mol. The van der Waals surface area contributed by atoms with Crippen LogP contribution in [0.25, 0.3) is 0 Å². The summed E-state index contributed by atoms with van der Waals surface area (Å²) in [6.07, 6.45) is 1.71. The molecule has 0 spiro atoms. The number of carbonyl (C=O) groups is 1. The summed E-state index contributed by atoms with van der Waals surface area (Å²) in [5.74, 6) is 0.246. The van der Waals surface area contributed by atoms with Gasteiger partial charge in [-0.05, 0) is 43.0 Å². The van der Waals surface area contributed by atoms with Crippen LogP contribution in [0.3, 0.4) is 0 Å². The molecule has 0 aliphatic carbocycles. The Morgan fingerprint density at radius 3 is 2.86 bits per heavy atom. The van der Waals surface area contributed by atoms with Gasteiger partial charge < -0.3 is 14.4 Å². The van der Waals surface area contributed by atoms with E-state index in [0.717, 1.165) is 18.7 Å². The van der Waals surface area contributed by atoms with E-state index in [1.165, 1.54) is 24.3 Å². The second-order valence-electron chi connectivity index (χ2n) is 5.62. The number of hydrogen-bond acceptors (Lipinski definition) is 3. The van der Waals surface area contributed by atoms with Crippen molar-refractivity contribution in [3.8, 4) is 5.75 Å². The van der Waals surface area contributed by atoms with E-state index in [-0.39, 0.29) is 18.1 Å². The highest BCUT2D eigenvalue weighted by atomic mass is 19.1. The molecule has 1 aliphatic rings. The minimum absolute atomic E-state index is 0.115. The molecule has 1 aromatic carbocycles. The van der Waals surface area contributed by atoms with Crippen molar-refractivity contribution in [3.63, 3.8) is 0 Å². The largest absolute Gasteiger partial charge is 0.486 e. The summed E-state index contributed by atoms with van der Waals surface area (Å²) in [4.78, 5) is 15.6. The van der Waals surface area contributed by atoms with Crippen LogP contribution in [0, 0.1) is 11.7 Å². The van der Waals surface area contributed by atoms with Crippen molar-refractivity contribution in [2.24, 2.45) is 5.92 Å². The lowest BCUT2D eigenvalue weighted by Crippen LogP contribution is -2.20. The summed E-state index contributed by atoms with van der Waals surface area (Å²) in [5, 5.41) is 9.30. The third-order valence-electron chi connectivity index (χ3n) is 3.92. The quantitative estimate of drug-likeness (QED) is 0.943. The van der Waals surface area contributed by atoms with Gasteiger partial charge in [0.2, 0.25) is 0 Å². The molecule has 1 aromatic heterocycles. The van der Waals surface area contributed by atoms with Gasteiger partial charge in [-0.15, -0.1) is 0 Å². The lowest BCUT2D eigenvalue weighted by atomic mass is 9.97. The number of benzene rings is 1. The van der Waals surface area contributed by atoms with E-state index in [0.29, 0.717) is 23.9 Å². The Morgan fingerprint density at radius 1 is 1.45 bits per heavy atom. The molecule has 1 aliphatic heterocycles. The van der Waals surface area contributed by atoms with Crippen molar-refractivity contribution in [2.45, 2.75) is 32.9 Å². The molecule has 0 fully saturated rings. The van der Waals surface area contributed by atoms with Gasteiger partial charge in [0.15, 0.2) is 5.69 Å². The number of aromatic nitrogens is 2. The summed E-state index contributed by atoms with van der Waals surface area (Å²) in [6, 6.07) is 5.71. The smallest absolute Gasteiger partial charge is 0.356 e. The Kier molecular flexibility index (Phi) is 3.83. The topological polar surface area (TPSA) is 64.4 Å². The fraction of sp³-hybridized carbons (Fsp3) is 0.375. The first kappa shape index (κ1) is 14.6. The minimum atomic E-state index is -1.01. The Balaban J connectivity index is 1.83. The number of imidazole rings is 1. The highest BCUT2D eigenvalue weighted by Gasteiger charge is 2.26. The third-order valence-corrected chi connectivity index (χ3v) is 3.92. The van der Waals surface area contributed by atoms with Crippen LogP contribution >= 0.6 is 0 Å². The second kappa shape index (κ2) is 5.79. The third kappa shape index (κ3) is 2.81. The van der Waals surface area contributed by atoms with Gasteiger partial charge in [-0.25, -0.2) is 14.2 Å². The number of carboxylic acid groups (broad SMARTS) is 1. The maximum Gasteiger partial charge on any atom is 0.356 e. The van der Waals surface area contributed by atoms with Crippen LogP contribution in [0.5, 0.6) is 5.75 Å². The molecular weight excluding hydrogens is 287 g/mol. The van der Waals surface area contributed by atoms with Crippen molar-refractivity contribution >= 4 is 5.97 Å². The molecule has 0 radical (unpaired) electrons. The number of carboxylic acids is 1. The summed E-state index contributed by atoms with van der Waals surface area (Å²) < 4.78 is 20.4. The Hall–Kier alpha value is -2.37. The van der Waals surface area contributed by atoms with Crippen LogP contribution in [0.2, 0.25) is 0 Å². The zero-order chi connectivity index (χ0) is 15.7. The highest BCUT2D eigenvalue weighted by molar-refractivity contribution is 5.87. The van der Waals surface area contributed by atoms with Crippen molar-refractivity contribution in [3.05, 3.63) is 47.3 Å². The Morgan fingerprint density at radius 2 is 2.18 bits per heavy atom. The fourth-order valence-electron chi connectivity index (χ4n) is 2.75. The monoisotopic (exact) mass is 304 g/mol. The van der Waals surface area contributed by atoms with Crippen molar-refractivity contribution in [2.75, 3.05) is 0 Å². The minimum Gasteiger partial charge on any atom is -0.486 e. The molecule has 22 heavy (non-hydrogen) atoms. The molecule has 0 saturated heterocycles. The van der Waals surface area contributed by atoms with Crippen molar-refractivity contribution in [1.82, 2.24) is 9.55 Å². The fourth-order valence-corrected chi connectivity index (χ4v) is 2.75. The molecule has 1 unspecified atom stereocenters. The van der Waals surface area contributed by atoms with Gasteiger partial charge in [0.25, 0.3) is 0 Å². The van der Waals surface area contributed by atoms with Gasteiger partial charge in [-0.2, -0.15) is 0 Å². The predicted octanol–water partition coefficient (Wildman–Crippen LogP) is 2.88. The molecule has 0 saturated carbocycles. The average Bonchev–Trinajstić information content (AvgIpc) is 2.85. The van der Waals surface area contributed by atoms with Gasteiger partial charge in [0, 0.05) is 6.54 Å². The van der Waals surface area contributed by atoms with Crippen LogP contribution in [0.4, 0.5) is 4.39 Å². The molecule has 2 aromatic rings. The number of hydrogen-bond donors (Lipinski definition) is 1. The van der Waals surface area contributed by atoms with E-state index in [1.54, 1.807) is 0 Å². The molecular formula is C16H17FN2O3. The number of ether oxygens (including phenoxy) is 1. The standard InChI is InChI=1S/C16H17FN2O3/c1-10-6-7-19-13(8-10)15(16(20)21)18-14(19)9-22-12-4-2-11(17)3-5-12/h2-5,10H,6-9H2,1H3,(H,20,21). The summed E-state index contributed by atoms with van der Waals surface area (Å²) >= 11 is 0. The second-order valence-corrected chi connectivity index (χ2v) is 5.62. The number of rotatable bonds is 4. The van der Waals surface area contributed by atoms with E-state index in [1.807, 2.05) is 4.57 Å². The molecule has 0 bridgehead atoms. The summed E-state index contributed by atoms with van der Waals surface area (Å²) in [7, 11) is 0. The highest BCUT2D eigenvalue weighted by Crippen LogP contribution is 2.25. The number of halogens is 1. The van der Waals surface area contributed by atoms with Crippen LogP contribution in [0.1, 0.15) is 35.4 Å². The van der Waals surface area contributed by atoms with Crippen LogP contribution < -0.4 is 4.74 Å². The normalized spacial score (nSPS) is 17.1. The van der Waals surface area contributed by atoms with E-state index in [2.05, 4.69) is 11.9 Å². The Bertz CT molecular complexity index is 694. The first-order valence-corrected chi connectivity index (χ1v) is 7.24. The van der Waals surface area contributed by atoms with Gasteiger partial charge in [0.1, 0.15) is 24.0 Å². The number of fused-ring (bicyclic) bond motifs is 1. The van der Waals surface area contributed by atoms with E-state index < -0.39 is 5.97 Å². The van der Waals surface area contributed by atoms with Gasteiger partial charge in [-0.1, -0.05) is 6.92 Å². The molecule has 116 valence electrons. The van der Waals surface area contributed by atoms with Crippen LogP contribution in [-0.4, -0.2) is 20.6 Å². The van der Waals surface area contributed by atoms with Gasteiger partial charge in [0.05, 0.1) is 5.69 Å². The molecule has 2 heterocycles. The first-order chi connectivity index (χ1) is 10.5. The number of nitrogens with zero attached hydrogens (tertiary/aromatic N) is 2. The van der Waals surface area contributed by atoms with Gasteiger partial charge in [-0.3, -0.25) is 0 Å². The van der Waals surface area contributed by atoms with E-state index in [4.69, 9.17) is 4.74 Å². The SMILES string of the molecule is CC1CCn2c(COc3ccc(F)cc3)nc(C(=O)O)c2C1. The van der Waals surface area contributed by atoms with Crippen LogP contribution in [0.15, 0.2) is 24.3 Å². The van der Waals surface area contributed by atoms with E-state index in [9.17, 15) is 14.3 Å².